The van der Waals surface area contributed by atoms with E-state index in [0.717, 1.165) is 22.6 Å². The molecule has 0 aliphatic heterocycles. The van der Waals surface area contributed by atoms with Crippen molar-refractivity contribution in [1.29, 1.82) is 0 Å². The van der Waals surface area contributed by atoms with Crippen molar-refractivity contribution in [2.24, 2.45) is 0 Å². The molecule has 0 radical (unpaired) electrons. The quantitative estimate of drug-likeness (QED) is 0.805. The van der Waals surface area contributed by atoms with Crippen LogP contribution in [-0.4, -0.2) is 22.1 Å². The summed E-state index contributed by atoms with van der Waals surface area (Å²) >= 11 is 1.64. The van der Waals surface area contributed by atoms with Crippen LogP contribution in [0.5, 0.6) is 0 Å². The Morgan fingerprint density at radius 3 is 2.77 bits per heavy atom. The normalized spacial score (nSPS) is 12.9. The molecule has 0 spiro atoms. The molecule has 13 heavy (non-hydrogen) atoms. The van der Waals surface area contributed by atoms with Gasteiger partial charge in [0.1, 0.15) is 0 Å². The Kier molecular flexibility index (Phi) is 3.75. The Balaban J connectivity index is 2.84. The molecular formula is C10H15NOS. The van der Waals surface area contributed by atoms with E-state index >= 15 is 0 Å². The average molecular weight is 197 g/mol. The van der Waals surface area contributed by atoms with E-state index in [4.69, 9.17) is 0 Å². The van der Waals surface area contributed by atoms with Crippen LogP contribution in [-0.2, 0) is 0 Å². The lowest BCUT2D eigenvalue weighted by molar-refractivity contribution is 0.203. The standard InChI is InChI=1S/C10H15NOS/c1-7-4-9(5-11-8(7)2)10(12)6-13-3/h4-5,10,12H,6H2,1-3H3. The molecule has 2 nitrogen and oxygen atoms in total. The maximum atomic E-state index is 9.68. The third kappa shape index (κ3) is 2.71. The van der Waals surface area contributed by atoms with Crippen molar-refractivity contribution in [3.63, 3.8) is 0 Å². The molecule has 0 saturated carbocycles. The number of pyridine rings is 1. The van der Waals surface area contributed by atoms with Crippen LogP contribution in [0.25, 0.3) is 0 Å². The van der Waals surface area contributed by atoms with Crippen LogP contribution in [0.3, 0.4) is 0 Å². The molecular weight excluding hydrogens is 182 g/mol. The topological polar surface area (TPSA) is 33.1 Å². The second-order valence-corrected chi connectivity index (χ2v) is 4.05. The minimum Gasteiger partial charge on any atom is -0.387 e. The minimum absolute atomic E-state index is 0.387. The number of aryl methyl sites for hydroxylation is 2. The van der Waals surface area contributed by atoms with E-state index in [1.807, 2.05) is 26.2 Å². The lowest BCUT2D eigenvalue weighted by Gasteiger charge is -2.10. The number of nitrogens with zero attached hydrogens (tertiary/aromatic N) is 1. The van der Waals surface area contributed by atoms with E-state index in [1.54, 1.807) is 18.0 Å². The maximum absolute atomic E-state index is 9.68. The highest BCUT2D eigenvalue weighted by Gasteiger charge is 2.07. The largest absolute Gasteiger partial charge is 0.387 e. The van der Waals surface area contributed by atoms with Crippen LogP contribution in [0.2, 0.25) is 0 Å². The van der Waals surface area contributed by atoms with Gasteiger partial charge in [-0.2, -0.15) is 11.8 Å². The first kappa shape index (κ1) is 10.5. The molecule has 0 bridgehead atoms. The molecule has 1 atom stereocenters. The van der Waals surface area contributed by atoms with Crippen molar-refractivity contribution < 1.29 is 5.11 Å². The number of hydrogen-bond acceptors (Lipinski definition) is 3. The number of aliphatic hydroxyl groups is 1. The summed E-state index contributed by atoms with van der Waals surface area (Å²) in [4.78, 5) is 4.21. The van der Waals surface area contributed by atoms with Crippen molar-refractivity contribution in [3.05, 3.63) is 29.1 Å². The van der Waals surface area contributed by atoms with Crippen molar-refractivity contribution in [2.45, 2.75) is 20.0 Å². The summed E-state index contributed by atoms with van der Waals surface area (Å²) < 4.78 is 0. The van der Waals surface area contributed by atoms with Gasteiger partial charge in [0.15, 0.2) is 0 Å². The molecule has 0 saturated heterocycles. The molecule has 0 aliphatic rings. The van der Waals surface area contributed by atoms with E-state index in [9.17, 15) is 5.11 Å². The van der Waals surface area contributed by atoms with Gasteiger partial charge < -0.3 is 5.11 Å². The Bertz CT molecular complexity index is 288. The summed E-state index contributed by atoms with van der Waals surface area (Å²) in [5, 5.41) is 9.68. The molecule has 0 aliphatic carbocycles. The van der Waals surface area contributed by atoms with Crippen molar-refractivity contribution in [3.8, 4) is 0 Å². The van der Waals surface area contributed by atoms with Gasteiger partial charge in [0, 0.05) is 17.6 Å². The Hall–Kier alpha value is -0.540. The average Bonchev–Trinajstić information content (AvgIpc) is 2.10. The summed E-state index contributed by atoms with van der Waals surface area (Å²) in [7, 11) is 0. The van der Waals surface area contributed by atoms with Gasteiger partial charge in [0.2, 0.25) is 0 Å². The second-order valence-electron chi connectivity index (χ2n) is 3.14. The van der Waals surface area contributed by atoms with Crippen LogP contribution in [0.4, 0.5) is 0 Å². The van der Waals surface area contributed by atoms with E-state index < -0.39 is 0 Å². The molecule has 0 fully saturated rings. The minimum atomic E-state index is -0.387. The zero-order valence-corrected chi connectivity index (χ0v) is 9.06. The molecule has 1 heterocycles. The zero-order valence-electron chi connectivity index (χ0n) is 8.24. The fourth-order valence-electron chi connectivity index (χ4n) is 1.10. The Morgan fingerprint density at radius 2 is 2.23 bits per heavy atom. The number of thioether (sulfide) groups is 1. The molecule has 1 N–H and O–H groups in total. The van der Waals surface area contributed by atoms with Gasteiger partial charge in [0.25, 0.3) is 0 Å². The fourth-order valence-corrected chi connectivity index (χ4v) is 1.61. The van der Waals surface area contributed by atoms with Gasteiger partial charge in [0.05, 0.1) is 6.10 Å². The van der Waals surface area contributed by atoms with Gasteiger partial charge >= 0.3 is 0 Å². The molecule has 0 aromatic carbocycles. The molecule has 3 heteroatoms. The summed E-state index contributed by atoms with van der Waals surface area (Å²) in [6.45, 7) is 3.98. The lowest BCUT2D eigenvalue weighted by Crippen LogP contribution is -2.02. The van der Waals surface area contributed by atoms with Crippen LogP contribution >= 0.6 is 11.8 Å². The first-order valence-corrected chi connectivity index (χ1v) is 5.64. The summed E-state index contributed by atoms with van der Waals surface area (Å²) in [6.07, 6.45) is 3.35. The SMILES string of the molecule is CSCC(O)c1cnc(C)c(C)c1. The van der Waals surface area contributed by atoms with Gasteiger partial charge in [-0.25, -0.2) is 0 Å². The molecule has 1 unspecified atom stereocenters. The van der Waals surface area contributed by atoms with E-state index in [-0.39, 0.29) is 6.10 Å². The zero-order chi connectivity index (χ0) is 9.84. The predicted octanol–water partition coefficient (Wildman–Crippen LogP) is 2.09. The fraction of sp³-hybridized carbons (Fsp3) is 0.500. The Morgan fingerprint density at radius 1 is 1.54 bits per heavy atom. The molecule has 0 amide bonds. The van der Waals surface area contributed by atoms with Crippen LogP contribution < -0.4 is 0 Å². The first-order chi connectivity index (χ1) is 6.15. The number of aliphatic hydroxyl groups excluding tert-OH is 1. The monoisotopic (exact) mass is 197 g/mol. The van der Waals surface area contributed by atoms with Crippen molar-refractivity contribution in [1.82, 2.24) is 4.98 Å². The highest BCUT2D eigenvalue weighted by atomic mass is 32.2. The maximum Gasteiger partial charge on any atom is 0.0895 e. The number of hydrogen-bond donors (Lipinski definition) is 1. The predicted molar refractivity (Wildman–Crippen MR) is 57.1 cm³/mol. The molecule has 1 aromatic heterocycles. The van der Waals surface area contributed by atoms with Crippen LogP contribution in [0, 0.1) is 13.8 Å². The summed E-state index contributed by atoms with van der Waals surface area (Å²) in [6, 6.07) is 2.00. The van der Waals surface area contributed by atoms with E-state index in [0.29, 0.717) is 0 Å². The Labute approximate surface area is 83.4 Å². The molecule has 72 valence electrons. The van der Waals surface area contributed by atoms with Gasteiger partial charge in [-0.1, -0.05) is 6.07 Å². The van der Waals surface area contributed by atoms with Crippen molar-refractivity contribution in [2.75, 3.05) is 12.0 Å². The third-order valence-electron chi connectivity index (χ3n) is 2.07. The third-order valence-corrected chi connectivity index (χ3v) is 2.72. The lowest BCUT2D eigenvalue weighted by atomic mass is 10.1. The first-order valence-electron chi connectivity index (χ1n) is 4.25. The van der Waals surface area contributed by atoms with Gasteiger partial charge in [-0.15, -0.1) is 0 Å². The smallest absolute Gasteiger partial charge is 0.0895 e. The van der Waals surface area contributed by atoms with Crippen LogP contribution in [0.15, 0.2) is 12.3 Å². The van der Waals surface area contributed by atoms with E-state index in [1.165, 1.54) is 0 Å². The van der Waals surface area contributed by atoms with Crippen LogP contribution in [0.1, 0.15) is 22.9 Å². The number of rotatable bonds is 3. The highest BCUT2D eigenvalue weighted by molar-refractivity contribution is 7.98. The molecule has 1 aromatic rings. The van der Waals surface area contributed by atoms with Gasteiger partial charge in [-0.3, -0.25) is 4.98 Å². The number of aromatic nitrogens is 1. The van der Waals surface area contributed by atoms with Gasteiger partial charge in [-0.05, 0) is 31.2 Å². The second kappa shape index (κ2) is 4.63. The van der Waals surface area contributed by atoms with Crippen molar-refractivity contribution >= 4 is 11.8 Å². The summed E-state index contributed by atoms with van der Waals surface area (Å²) in [5.74, 6) is 0.726. The summed E-state index contributed by atoms with van der Waals surface area (Å²) in [5.41, 5.74) is 3.08. The van der Waals surface area contributed by atoms with E-state index in [2.05, 4.69) is 4.98 Å². The molecule has 1 rings (SSSR count). The highest BCUT2D eigenvalue weighted by Crippen LogP contribution is 2.17.